The molecule has 19 heavy (non-hydrogen) atoms. The van der Waals surface area contributed by atoms with Gasteiger partial charge in [0.25, 0.3) is 5.91 Å². The van der Waals surface area contributed by atoms with Gasteiger partial charge in [-0.2, -0.15) is 0 Å². The molecule has 1 unspecified atom stereocenters. The van der Waals surface area contributed by atoms with E-state index in [1.165, 1.54) is 0 Å². The lowest BCUT2D eigenvalue weighted by molar-refractivity contribution is 0.0326. The summed E-state index contributed by atoms with van der Waals surface area (Å²) in [6.07, 6.45) is 0. The predicted molar refractivity (Wildman–Crippen MR) is 78.0 cm³/mol. The molecule has 0 aliphatic carbocycles. The Morgan fingerprint density at radius 2 is 1.89 bits per heavy atom. The van der Waals surface area contributed by atoms with Gasteiger partial charge in [0.15, 0.2) is 0 Å². The second-order valence-corrected chi connectivity index (χ2v) is 5.83. The van der Waals surface area contributed by atoms with Gasteiger partial charge in [0, 0.05) is 13.1 Å². The third-order valence-corrected chi connectivity index (χ3v) is 3.11. The molecule has 0 fully saturated rings. The maximum absolute atomic E-state index is 12.0. The smallest absolute Gasteiger partial charge is 0.254 e. The van der Waals surface area contributed by atoms with E-state index in [1.807, 2.05) is 19.0 Å². The number of nitrogens with zero attached hydrogens (tertiary/aromatic N) is 1. The standard InChI is InChI=1S/C13H18Cl2N2O2/c1-13(19,8-17(2)3)7-16-12(18)11-9(14)5-4-6-10(11)15/h4-6,19H,7-8H2,1-3H3,(H,16,18). The Bertz CT molecular complexity index is 442. The fourth-order valence-electron chi connectivity index (χ4n) is 1.81. The molecule has 0 saturated carbocycles. The van der Waals surface area contributed by atoms with Crippen molar-refractivity contribution in [2.24, 2.45) is 0 Å². The Morgan fingerprint density at radius 3 is 2.37 bits per heavy atom. The van der Waals surface area contributed by atoms with Crippen LogP contribution in [0.4, 0.5) is 0 Å². The number of halogens is 2. The van der Waals surface area contributed by atoms with Crippen LogP contribution in [0.15, 0.2) is 18.2 Å². The van der Waals surface area contributed by atoms with Crippen molar-refractivity contribution < 1.29 is 9.90 Å². The number of amides is 1. The van der Waals surface area contributed by atoms with E-state index in [-0.39, 0.29) is 22.2 Å². The molecule has 0 aliphatic heterocycles. The summed E-state index contributed by atoms with van der Waals surface area (Å²) in [6.45, 7) is 2.20. The van der Waals surface area contributed by atoms with Gasteiger partial charge in [-0.1, -0.05) is 29.3 Å². The van der Waals surface area contributed by atoms with Crippen molar-refractivity contribution in [1.29, 1.82) is 0 Å². The van der Waals surface area contributed by atoms with Gasteiger partial charge in [0.1, 0.15) is 0 Å². The van der Waals surface area contributed by atoms with Crippen LogP contribution < -0.4 is 5.32 Å². The highest BCUT2D eigenvalue weighted by Crippen LogP contribution is 2.24. The first-order valence-electron chi connectivity index (χ1n) is 5.82. The molecular weight excluding hydrogens is 287 g/mol. The molecule has 0 aromatic heterocycles. The maximum Gasteiger partial charge on any atom is 0.254 e. The van der Waals surface area contributed by atoms with Gasteiger partial charge >= 0.3 is 0 Å². The lowest BCUT2D eigenvalue weighted by Gasteiger charge is -2.27. The first-order chi connectivity index (χ1) is 8.73. The van der Waals surface area contributed by atoms with Crippen LogP contribution in [0.1, 0.15) is 17.3 Å². The third-order valence-electron chi connectivity index (χ3n) is 2.48. The van der Waals surface area contributed by atoms with Crippen LogP contribution in [-0.2, 0) is 0 Å². The van der Waals surface area contributed by atoms with E-state index in [1.54, 1.807) is 25.1 Å². The van der Waals surface area contributed by atoms with E-state index in [2.05, 4.69) is 5.32 Å². The van der Waals surface area contributed by atoms with Gasteiger partial charge in [-0.05, 0) is 33.2 Å². The van der Waals surface area contributed by atoms with Crippen molar-refractivity contribution in [3.8, 4) is 0 Å². The molecule has 0 bridgehead atoms. The molecular formula is C13H18Cl2N2O2. The van der Waals surface area contributed by atoms with E-state index in [4.69, 9.17) is 23.2 Å². The van der Waals surface area contributed by atoms with Gasteiger partial charge in [-0.25, -0.2) is 0 Å². The van der Waals surface area contributed by atoms with Gasteiger partial charge in [-0.15, -0.1) is 0 Å². The van der Waals surface area contributed by atoms with Gasteiger partial charge in [0.2, 0.25) is 0 Å². The number of nitrogens with one attached hydrogen (secondary N) is 1. The maximum atomic E-state index is 12.0. The Balaban J connectivity index is 2.71. The predicted octanol–water partition coefficient (Wildman–Crippen LogP) is 2.04. The quantitative estimate of drug-likeness (QED) is 0.875. The highest BCUT2D eigenvalue weighted by Gasteiger charge is 2.23. The van der Waals surface area contributed by atoms with Gasteiger partial charge in [-0.3, -0.25) is 4.79 Å². The highest BCUT2D eigenvalue weighted by molar-refractivity contribution is 6.39. The molecule has 1 rings (SSSR count). The van der Waals surface area contributed by atoms with Crippen molar-refractivity contribution in [1.82, 2.24) is 10.2 Å². The van der Waals surface area contributed by atoms with E-state index < -0.39 is 11.5 Å². The Kier molecular flexibility index (Phi) is 5.62. The topological polar surface area (TPSA) is 52.6 Å². The number of aliphatic hydroxyl groups is 1. The summed E-state index contributed by atoms with van der Waals surface area (Å²) in [6, 6.07) is 4.87. The monoisotopic (exact) mass is 304 g/mol. The van der Waals surface area contributed by atoms with Crippen molar-refractivity contribution in [2.75, 3.05) is 27.2 Å². The number of hydrogen-bond donors (Lipinski definition) is 2. The zero-order chi connectivity index (χ0) is 14.6. The molecule has 1 aromatic carbocycles. The molecule has 106 valence electrons. The number of carbonyl (C=O) groups excluding carboxylic acids is 1. The van der Waals surface area contributed by atoms with Crippen LogP contribution in [0.25, 0.3) is 0 Å². The van der Waals surface area contributed by atoms with Gasteiger partial charge in [0.05, 0.1) is 21.2 Å². The van der Waals surface area contributed by atoms with E-state index in [0.717, 1.165) is 0 Å². The number of likely N-dealkylation sites (N-methyl/N-ethyl adjacent to an activating group) is 1. The summed E-state index contributed by atoms with van der Waals surface area (Å²) in [5.41, 5.74) is -0.793. The summed E-state index contributed by atoms with van der Waals surface area (Å²) in [5.74, 6) is -0.394. The van der Waals surface area contributed by atoms with Crippen molar-refractivity contribution >= 4 is 29.1 Å². The minimum absolute atomic E-state index is 0.117. The first kappa shape index (κ1) is 16.2. The third kappa shape index (κ3) is 4.99. The van der Waals surface area contributed by atoms with E-state index in [9.17, 15) is 9.90 Å². The fraction of sp³-hybridized carbons (Fsp3) is 0.462. The lowest BCUT2D eigenvalue weighted by Crippen LogP contribution is -2.47. The zero-order valence-corrected chi connectivity index (χ0v) is 12.7. The zero-order valence-electron chi connectivity index (χ0n) is 11.2. The van der Waals surface area contributed by atoms with Crippen LogP contribution in [0.3, 0.4) is 0 Å². The molecule has 0 spiro atoms. The molecule has 1 aromatic rings. The summed E-state index contributed by atoms with van der Waals surface area (Å²) >= 11 is 11.9. The normalized spacial score (nSPS) is 14.3. The number of rotatable bonds is 5. The molecule has 1 atom stereocenters. The number of benzene rings is 1. The van der Waals surface area contributed by atoms with E-state index in [0.29, 0.717) is 6.54 Å². The van der Waals surface area contributed by atoms with Crippen molar-refractivity contribution in [3.05, 3.63) is 33.8 Å². The number of hydrogen-bond acceptors (Lipinski definition) is 3. The van der Waals surface area contributed by atoms with Gasteiger partial charge < -0.3 is 15.3 Å². The second kappa shape index (κ2) is 6.57. The second-order valence-electron chi connectivity index (χ2n) is 5.01. The van der Waals surface area contributed by atoms with Crippen LogP contribution >= 0.6 is 23.2 Å². The minimum atomic E-state index is -1.02. The number of carbonyl (C=O) groups is 1. The largest absolute Gasteiger partial charge is 0.387 e. The summed E-state index contributed by atoms with van der Waals surface area (Å²) in [5, 5.41) is 13.3. The van der Waals surface area contributed by atoms with Crippen LogP contribution in [0, 0.1) is 0 Å². The SMILES string of the molecule is CN(C)CC(C)(O)CNC(=O)c1c(Cl)cccc1Cl. The summed E-state index contributed by atoms with van der Waals surface area (Å²) in [7, 11) is 3.70. The average Bonchev–Trinajstić information content (AvgIpc) is 2.24. The molecule has 0 saturated heterocycles. The minimum Gasteiger partial charge on any atom is -0.387 e. The Labute approximate surface area is 123 Å². The molecule has 0 heterocycles. The molecule has 1 amide bonds. The molecule has 0 aliphatic rings. The fourth-order valence-corrected chi connectivity index (χ4v) is 2.38. The Hall–Kier alpha value is -0.810. The van der Waals surface area contributed by atoms with Crippen LogP contribution in [-0.4, -0.2) is 48.7 Å². The molecule has 6 heteroatoms. The average molecular weight is 305 g/mol. The molecule has 4 nitrogen and oxygen atoms in total. The van der Waals surface area contributed by atoms with E-state index >= 15 is 0 Å². The summed E-state index contributed by atoms with van der Waals surface area (Å²) in [4.78, 5) is 13.9. The van der Waals surface area contributed by atoms with Crippen LogP contribution in [0.2, 0.25) is 10.0 Å². The highest BCUT2D eigenvalue weighted by atomic mass is 35.5. The first-order valence-corrected chi connectivity index (χ1v) is 6.58. The lowest BCUT2D eigenvalue weighted by atomic mass is 10.1. The summed E-state index contributed by atoms with van der Waals surface area (Å²) < 4.78 is 0. The molecule has 2 N–H and O–H groups in total. The Morgan fingerprint density at radius 1 is 1.37 bits per heavy atom. The van der Waals surface area contributed by atoms with Crippen molar-refractivity contribution in [3.63, 3.8) is 0 Å². The van der Waals surface area contributed by atoms with Crippen LogP contribution in [0.5, 0.6) is 0 Å². The molecule has 0 radical (unpaired) electrons. The van der Waals surface area contributed by atoms with Crippen molar-refractivity contribution in [2.45, 2.75) is 12.5 Å².